The van der Waals surface area contributed by atoms with Gasteiger partial charge < -0.3 is 0 Å². The number of rotatable bonds is 2. The summed E-state index contributed by atoms with van der Waals surface area (Å²) in [5.41, 5.74) is 5.08. The molecule has 10 aromatic rings. The summed E-state index contributed by atoms with van der Waals surface area (Å²) in [4.78, 5) is 0. The summed E-state index contributed by atoms with van der Waals surface area (Å²) in [6, 6.07) is 62.7. The van der Waals surface area contributed by atoms with Gasteiger partial charge in [-0.1, -0.05) is 164 Å². The summed E-state index contributed by atoms with van der Waals surface area (Å²) >= 11 is 0. The fraction of sp³-hybridized carbons (Fsp3) is 0. The normalized spacial score (nSPS) is 11.9. The van der Waals surface area contributed by atoms with Crippen molar-refractivity contribution in [2.24, 2.45) is 0 Å². The molecule has 0 heteroatoms. The molecule has 0 fully saturated rings. The first kappa shape index (κ1) is 25.4. The quantitative estimate of drug-likeness (QED) is 0.141. The van der Waals surface area contributed by atoms with E-state index in [0.29, 0.717) is 0 Å². The van der Waals surface area contributed by atoms with Crippen LogP contribution in [-0.4, -0.2) is 0 Å². The molecule has 0 atom stereocenters. The SMILES string of the molecule is c1ccc(-c2c3ccccc3c(-c3ccc4c(c3)c3ccccc3c3c5ccccc5c5ccccc5c43)c3ccccc23)cc1. The Hall–Kier alpha value is -5.98. The van der Waals surface area contributed by atoms with Gasteiger partial charge >= 0.3 is 0 Å². The topological polar surface area (TPSA) is 0 Å². The van der Waals surface area contributed by atoms with Crippen molar-refractivity contribution in [2.45, 2.75) is 0 Å². The van der Waals surface area contributed by atoms with Gasteiger partial charge in [-0.25, -0.2) is 0 Å². The Morgan fingerprint density at radius 2 is 0.522 bits per heavy atom. The fourth-order valence-corrected chi connectivity index (χ4v) is 8.13. The summed E-state index contributed by atoms with van der Waals surface area (Å²) < 4.78 is 0. The van der Waals surface area contributed by atoms with Crippen LogP contribution in [0.2, 0.25) is 0 Å². The molecule has 0 nitrogen and oxygen atoms in total. The molecular formula is C46H28. The Labute approximate surface area is 266 Å². The second-order valence-corrected chi connectivity index (χ2v) is 12.4. The zero-order chi connectivity index (χ0) is 30.2. The lowest BCUT2D eigenvalue weighted by atomic mass is 9.84. The molecule has 0 heterocycles. The van der Waals surface area contributed by atoms with Gasteiger partial charge in [-0.2, -0.15) is 0 Å². The van der Waals surface area contributed by atoms with E-state index in [4.69, 9.17) is 0 Å². The van der Waals surface area contributed by atoms with Crippen molar-refractivity contribution in [1.29, 1.82) is 0 Å². The van der Waals surface area contributed by atoms with Crippen molar-refractivity contribution < 1.29 is 0 Å². The fourth-order valence-electron chi connectivity index (χ4n) is 8.13. The maximum atomic E-state index is 2.46. The molecule has 0 aromatic heterocycles. The molecule has 10 rings (SSSR count). The van der Waals surface area contributed by atoms with Gasteiger partial charge in [0.2, 0.25) is 0 Å². The van der Waals surface area contributed by atoms with E-state index >= 15 is 0 Å². The molecule has 46 heavy (non-hydrogen) atoms. The third-order valence-corrected chi connectivity index (χ3v) is 9.99. The highest BCUT2D eigenvalue weighted by molar-refractivity contribution is 6.39. The second-order valence-electron chi connectivity index (χ2n) is 12.4. The molecule has 0 aliphatic carbocycles. The highest BCUT2D eigenvalue weighted by Gasteiger charge is 2.19. The van der Waals surface area contributed by atoms with E-state index in [1.807, 2.05) is 0 Å². The van der Waals surface area contributed by atoms with E-state index in [0.717, 1.165) is 0 Å². The molecule has 212 valence electrons. The van der Waals surface area contributed by atoms with Crippen molar-refractivity contribution in [3.63, 3.8) is 0 Å². The maximum Gasteiger partial charge on any atom is -0.00139 e. The second kappa shape index (κ2) is 9.76. The molecule has 0 spiro atoms. The Kier molecular flexibility index (Phi) is 5.38. The van der Waals surface area contributed by atoms with E-state index in [9.17, 15) is 0 Å². The third kappa shape index (κ3) is 3.50. The largest absolute Gasteiger partial charge is 0.0622 e. The van der Waals surface area contributed by atoms with Crippen molar-refractivity contribution in [2.75, 3.05) is 0 Å². The zero-order valence-corrected chi connectivity index (χ0v) is 25.2. The minimum absolute atomic E-state index is 1.24. The summed E-state index contributed by atoms with van der Waals surface area (Å²) in [7, 11) is 0. The molecule has 0 unspecified atom stereocenters. The first-order chi connectivity index (χ1) is 22.9. The molecule has 0 aliphatic heterocycles. The lowest BCUT2D eigenvalue weighted by molar-refractivity contribution is 1.66. The third-order valence-electron chi connectivity index (χ3n) is 9.99. The number of benzene rings is 10. The van der Waals surface area contributed by atoms with Gasteiger partial charge in [-0.05, 0) is 104 Å². The van der Waals surface area contributed by atoms with Crippen molar-refractivity contribution in [3.05, 3.63) is 170 Å². The van der Waals surface area contributed by atoms with Crippen molar-refractivity contribution in [3.8, 4) is 22.3 Å². The number of fused-ring (bicyclic) bond motifs is 13. The van der Waals surface area contributed by atoms with Crippen LogP contribution in [0.15, 0.2) is 170 Å². The van der Waals surface area contributed by atoms with Crippen LogP contribution in [0, 0.1) is 0 Å². The molecule has 0 radical (unpaired) electrons. The standard InChI is InChI=1S/C46H28/c1-2-14-29(15-3-1)43-37-22-10-12-24-39(37)44(40-25-13-11-23-38(40)43)30-26-27-41-42(28-30)33-18-6-9-21-36(33)45-34-19-7-4-16-31(34)32-17-5-8-20-35(32)46(41)45/h1-28H. The monoisotopic (exact) mass is 580 g/mol. The minimum atomic E-state index is 1.24. The Bertz CT molecular complexity index is 2780. The van der Waals surface area contributed by atoms with Crippen LogP contribution in [0.1, 0.15) is 0 Å². The van der Waals surface area contributed by atoms with Gasteiger partial charge in [0.05, 0.1) is 0 Å². The Morgan fingerprint density at radius 3 is 0.978 bits per heavy atom. The lowest BCUT2D eigenvalue weighted by Crippen LogP contribution is -1.92. The summed E-state index contributed by atoms with van der Waals surface area (Å²) in [6.07, 6.45) is 0. The lowest BCUT2D eigenvalue weighted by Gasteiger charge is -2.19. The van der Waals surface area contributed by atoms with E-state index in [1.165, 1.54) is 97.7 Å². The van der Waals surface area contributed by atoms with E-state index < -0.39 is 0 Å². The number of hydrogen-bond acceptors (Lipinski definition) is 0. The van der Waals surface area contributed by atoms with Crippen LogP contribution in [0.5, 0.6) is 0 Å². The average Bonchev–Trinajstić information content (AvgIpc) is 3.13. The van der Waals surface area contributed by atoms with Gasteiger partial charge in [-0.15, -0.1) is 0 Å². The van der Waals surface area contributed by atoms with E-state index in [2.05, 4.69) is 170 Å². The van der Waals surface area contributed by atoms with Crippen molar-refractivity contribution in [1.82, 2.24) is 0 Å². The molecule has 0 N–H and O–H groups in total. The first-order valence-electron chi connectivity index (χ1n) is 16.0. The average molecular weight is 581 g/mol. The van der Waals surface area contributed by atoms with Crippen LogP contribution < -0.4 is 0 Å². The number of hydrogen-bond donors (Lipinski definition) is 0. The Morgan fingerprint density at radius 1 is 0.196 bits per heavy atom. The summed E-state index contributed by atoms with van der Waals surface area (Å²) in [6.45, 7) is 0. The summed E-state index contributed by atoms with van der Waals surface area (Å²) in [5, 5.41) is 18.2. The molecule has 0 amide bonds. The molecular weight excluding hydrogens is 553 g/mol. The smallest absolute Gasteiger partial charge is 0.00139 e. The van der Waals surface area contributed by atoms with Crippen LogP contribution in [0.25, 0.3) is 97.7 Å². The Balaban J connectivity index is 1.38. The minimum Gasteiger partial charge on any atom is -0.0622 e. The van der Waals surface area contributed by atoms with Crippen LogP contribution in [-0.2, 0) is 0 Å². The zero-order valence-electron chi connectivity index (χ0n) is 25.2. The summed E-state index contributed by atoms with van der Waals surface area (Å²) in [5.74, 6) is 0. The van der Waals surface area contributed by atoms with Gasteiger partial charge in [-0.3, -0.25) is 0 Å². The first-order valence-corrected chi connectivity index (χ1v) is 16.0. The molecule has 0 saturated carbocycles. The van der Waals surface area contributed by atoms with Gasteiger partial charge in [0, 0.05) is 0 Å². The van der Waals surface area contributed by atoms with Crippen LogP contribution in [0.4, 0.5) is 0 Å². The van der Waals surface area contributed by atoms with Gasteiger partial charge in [0.1, 0.15) is 0 Å². The highest BCUT2D eigenvalue weighted by Crippen LogP contribution is 2.47. The van der Waals surface area contributed by atoms with E-state index in [1.54, 1.807) is 0 Å². The molecule has 10 aromatic carbocycles. The predicted octanol–water partition coefficient (Wildman–Crippen LogP) is 13.1. The molecule has 0 aliphatic rings. The van der Waals surface area contributed by atoms with Crippen molar-refractivity contribution >= 4 is 75.4 Å². The van der Waals surface area contributed by atoms with Crippen LogP contribution >= 0.6 is 0 Å². The van der Waals surface area contributed by atoms with Crippen LogP contribution in [0.3, 0.4) is 0 Å². The molecule has 0 bridgehead atoms. The van der Waals surface area contributed by atoms with Gasteiger partial charge in [0.25, 0.3) is 0 Å². The van der Waals surface area contributed by atoms with Gasteiger partial charge in [0.15, 0.2) is 0 Å². The molecule has 0 saturated heterocycles. The van der Waals surface area contributed by atoms with E-state index in [-0.39, 0.29) is 0 Å². The predicted molar refractivity (Wildman–Crippen MR) is 200 cm³/mol. The highest BCUT2D eigenvalue weighted by atomic mass is 14.2. The maximum absolute atomic E-state index is 2.46.